The van der Waals surface area contributed by atoms with E-state index in [1.54, 1.807) is 18.5 Å². The van der Waals surface area contributed by atoms with Gasteiger partial charge in [0.2, 0.25) is 5.95 Å². The number of hydrogen-bond acceptors (Lipinski definition) is 8. The standard InChI is InChI=1S/C23H29FN8O2/c1-13(23(2,3)33)31-12-15(10-26-31)30-7-5-6-14(11-30)20-28-21-16-8-17(24)19(34-4)9-18(16)27-22(25)32(21)29-20/h8-10,12-14,33H,5-7,11H2,1-4H3,(H2,25,27)/t13-,14-/m1/s1. The third-order valence-corrected chi connectivity index (χ3v) is 6.75. The van der Waals surface area contributed by atoms with Crippen molar-refractivity contribution in [2.24, 2.45) is 0 Å². The predicted molar refractivity (Wildman–Crippen MR) is 127 cm³/mol. The van der Waals surface area contributed by atoms with E-state index in [1.165, 1.54) is 23.8 Å². The van der Waals surface area contributed by atoms with Crippen LogP contribution in [-0.4, -0.2) is 60.3 Å². The summed E-state index contributed by atoms with van der Waals surface area (Å²) in [5.74, 6) is 0.518. The van der Waals surface area contributed by atoms with Crippen LogP contribution in [0, 0.1) is 5.82 Å². The summed E-state index contributed by atoms with van der Waals surface area (Å²) < 4.78 is 22.8. The van der Waals surface area contributed by atoms with Crippen LogP contribution < -0.4 is 15.4 Å². The molecule has 0 aliphatic carbocycles. The number of piperidine rings is 1. The molecule has 1 saturated heterocycles. The quantitative estimate of drug-likeness (QED) is 0.459. The molecule has 34 heavy (non-hydrogen) atoms. The second-order valence-electron chi connectivity index (χ2n) is 9.47. The number of nitrogen functional groups attached to an aromatic ring is 1. The van der Waals surface area contributed by atoms with Gasteiger partial charge >= 0.3 is 0 Å². The lowest BCUT2D eigenvalue weighted by Gasteiger charge is -2.32. The van der Waals surface area contributed by atoms with E-state index in [2.05, 4.69) is 20.1 Å². The van der Waals surface area contributed by atoms with Crippen molar-refractivity contribution in [3.05, 3.63) is 36.2 Å². The van der Waals surface area contributed by atoms with Gasteiger partial charge in [-0.25, -0.2) is 14.4 Å². The first-order valence-corrected chi connectivity index (χ1v) is 11.4. The van der Waals surface area contributed by atoms with E-state index in [4.69, 9.17) is 15.5 Å². The molecule has 11 heteroatoms. The molecule has 4 aromatic rings. The van der Waals surface area contributed by atoms with Crippen LogP contribution in [0.15, 0.2) is 24.5 Å². The molecule has 0 bridgehead atoms. The largest absolute Gasteiger partial charge is 0.494 e. The Labute approximate surface area is 196 Å². The maximum Gasteiger partial charge on any atom is 0.223 e. The molecule has 10 nitrogen and oxygen atoms in total. The molecule has 3 aromatic heterocycles. The molecule has 2 atom stereocenters. The van der Waals surface area contributed by atoms with E-state index in [-0.39, 0.29) is 23.7 Å². The second-order valence-corrected chi connectivity index (χ2v) is 9.47. The fourth-order valence-corrected chi connectivity index (χ4v) is 4.43. The molecule has 0 spiro atoms. The molecule has 1 aliphatic heterocycles. The van der Waals surface area contributed by atoms with E-state index < -0.39 is 11.4 Å². The number of anilines is 2. The van der Waals surface area contributed by atoms with Crippen molar-refractivity contribution >= 4 is 28.2 Å². The summed E-state index contributed by atoms with van der Waals surface area (Å²) in [5.41, 5.74) is 7.24. The van der Waals surface area contributed by atoms with Gasteiger partial charge < -0.3 is 20.5 Å². The SMILES string of the molecule is COc1cc2nc(N)n3nc([C@@H]4CCCN(c5cnn([C@H](C)C(C)(C)O)c5)C4)nc3c2cc1F. The highest BCUT2D eigenvalue weighted by atomic mass is 19.1. The van der Waals surface area contributed by atoms with Gasteiger partial charge in [-0.2, -0.15) is 9.61 Å². The fraction of sp³-hybridized carbons (Fsp3) is 0.478. The summed E-state index contributed by atoms with van der Waals surface area (Å²) in [6, 6.07) is 2.72. The molecule has 3 N–H and O–H groups in total. The van der Waals surface area contributed by atoms with Crippen LogP contribution in [0.4, 0.5) is 16.0 Å². The number of benzene rings is 1. The van der Waals surface area contributed by atoms with Gasteiger partial charge in [0, 0.05) is 36.7 Å². The highest BCUT2D eigenvalue weighted by molar-refractivity contribution is 5.93. The van der Waals surface area contributed by atoms with Gasteiger partial charge in [0.25, 0.3) is 0 Å². The average Bonchev–Trinajstić information content (AvgIpc) is 3.47. The first kappa shape index (κ1) is 22.3. The van der Waals surface area contributed by atoms with Crippen molar-refractivity contribution in [3.63, 3.8) is 0 Å². The molecule has 4 heterocycles. The van der Waals surface area contributed by atoms with Crippen LogP contribution in [0.25, 0.3) is 16.6 Å². The number of halogens is 1. The zero-order chi connectivity index (χ0) is 24.2. The molecule has 0 amide bonds. The minimum atomic E-state index is -0.881. The normalized spacial score (nSPS) is 18.1. The zero-order valence-corrected chi connectivity index (χ0v) is 19.7. The first-order chi connectivity index (χ1) is 16.2. The van der Waals surface area contributed by atoms with Crippen LogP contribution in [-0.2, 0) is 0 Å². The molecule has 0 radical (unpaired) electrons. The Kier molecular flexibility index (Phi) is 5.31. The van der Waals surface area contributed by atoms with Gasteiger partial charge in [-0.05, 0) is 39.7 Å². The van der Waals surface area contributed by atoms with Crippen molar-refractivity contribution in [2.75, 3.05) is 30.8 Å². The Morgan fingerprint density at radius 3 is 2.82 bits per heavy atom. The Hall–Kier alpha value is -3.47. The van der Waals surface area contributed by atoms with E-state index in [0.29, 0.717) is 28.9 Å². The summed E-state index contributed by atoms with van der Waals surface area (Å²) in [5, 5.41) is 20.0. The van der Waals surface area contributed by atoms with E-state index in [1.807, 2.05) is 19.3 Å². The van der Waals surface area contributed by atoms with Crippen LogP contribution in [0.5, 0.6) is 5.75 Å². The topological polar surface area (TPSA) is 120 Å². The fourth-order valence-electron chi connectivity index (χ4n) is 4.43. The van der Waals surface area contributed by atoms with Crippen molar-refractivity contribution in [3.8, 4) is 5.75 Å². The van der Waals surface area contributed by atoms with Crippen molar-refractivity contribution < 1.29 is 14.2 Å². The Morgan fingerprint density at radius 2 is 2.09 bits per heavy atom. The molecular formula is C23H29FN8O2. The van der Waals surface area contributed by atoms with Crippen LogP contribution in [0.2, 0.25) is 0 Å². The predicted octanol–water partition coefficient (Wildman–Crippen LogP) is 2.92. The molecule has 1 aliphatic rings. The van der Waals surface area contributed by atoms with Crippen molar-refractivity contribution in [1.29, 1.82) is 0 Å². The monoisotopic (exact) mass is 468 g/mol. The maximum atomic E-state index is 14.4. The molecule has 0 saturated carbocycles. The highest BCUT2D eigenvalue weighted by Gasteiger charge is 2.29. The summed E-state index contributed by atoms with van der Waals surface area (Å²) >= 11 is 0. The van der Waals surface area contributed by atoms with Crippen molar-refractivity contribution in [1.82, 2.24) is 29.4 Å². The van der Waals surface area contributed by atoms with Gasteiger partial charge in [-0.15, -0.1) is 5.10 Å². The third-order valence-electron chi connectivity index (χ3n) is 6.75. The van der Waals surface area contributed by atoms with Gasteiger partial charge in [0.05, 0.1) is 36.2 Å². The van der Waals surface area contributed by atoms with Gasteiger partial charge in [-0.1, -0.05) is 0 Å². The number of aromatic nitrogens is 6. The van der Waals surface area contributed by atoms with E-state index in [9.17, 15) is 9.50 Å². The Morgan fingerprint density at radius 1 is 1.29 bits per heavy atom. The van der Waals surface area contributed by atoms with Crippen LogP contribution >= 0.6 is 0 Å². The number of aliphatic hydroxyl groups is 1. The van der Waals surface area contributed by atoms with E-state index in [0.717, 1.165) is 25.1 Å². The minimum absolute atomic E-state index is 0.0706. The summed E-state index contributed by atoms with van der Waals surface area (Å²) in [7, 11) is 1.41. The zero-order valence-electron chi connectivity index (χ0n) is 19.7. The summed E-state index contributed by atoms with van der Waals surface area (Å²) in [6.45, 7) is 7.10. The highest BCUT2D eigenvalue weighted by Crippen LogP contribution is 2.32. The number of methoxy groups -OCH3 is 1. The molecular weight excluding hydrogens is 439 g/mol. The number of nitrogens with zero attached hydrogens (tertiary/aromatic N) is 7. The average molecular weight is 469 g/mol. The third kappa shape index (κ3) is 3.79. The van der Waals surface area contributed by atoms with Crippen LogP contribution in [0.3, 0.4) is 0 Å². The molecule has 180 valence electrons. The van der Waals surface area contributed by atoms with Gasteiger partial charge in [0.1, 0.15) is 0 Å². The van der Waals surface area contributed by atoms with Crippen molar-refractivity contribution in [2.45, 2.75) is 51.2 Å². The number of nitrogens with two attached hydrogens (primary N) is 1. The first-order valence-electron chi connectivity index (χ1n) is 11.4. The number of ether oxygens (including phenoxy) is 1. The molecule has 5 rings (SSSR count). The lowest BCUT2D eigenvalue weighted by atomic mass is 9.97. The second kappa shape index (κ2) is 8.08. The lowest BCUT2D eigenvalue weighted by molar-refractivity contribution is 0.0258. The van der Waals surface area contributed by atoms with E-state index >= 15 is 0 Å². The van der Waals surface area contributed by atoms with Crippen LogP contribution in [0.1, 0.15) is 51.4 Å². The lowest BCUT2D eigenvalue weighted by Crippen LogP contribution is -2.34. The molecule has 1 fully saturated rings. The minimum Gasteiger partial charge on any atom is -0.494 e. The Bertz CT molecular complexity index is 1360. The number of rotatable bonds is 5. The maximum absolute atomic E-state index is 14.4. The summed E-state index contributed by atoms with van der Waals surface area (Å²) in [6.07, 6.45) is 5.68. The van der Waals surface area contributed by atoms with Gasteiger partial charge in [-0.3, -0.25) is 4.68 Å². The molecule has 0 unspecified atom stereocenters. The smallest absolute Gasteiger partial charge is 0.223 e. The molecule has 1 aromatic carbocycles. The summed E-state index contributed by atoms with van der Waals surface area (Å²) in [4.78, 5) is 11.4. The Balaban J connectivity index is 1.46. The number of hydrogen-bond donors (Lipinski definition) is 2. The number of fused-ring (bicyclic) bond motifs is 3. The van der Waals surface area contributed by atoms with Gasteiger partial charge in [0.15, 0.2) is 23.0 Å².